The molecule has 8 aliphatic rings. The molecular formula is C35H52N4O5. The third-order valence-electron chi connectivity index (χ3n) is 12.7. The minimum absolute atomic E-state index is 0.0230. The lowest BCUT2D eigenvalue weighted by Crippen LogP contribution is -2.66. The number of carbonyl (C=O) groups is 5. The number of nitrogens with zero attached hydrogens (tertiary/aromatic N) is 1. The van der Waals surface area contributed by atoms with Gasteiger partial charge in [-0.1, -0.05) is 27.2 Å². The molecule has 0 aromatic carbocycles. The molecule has 1 aliphatic heterocycles. The monoisotopic (exact) mass is 608 g/mol. The van der Waals surface area contributed by atoms with Crippen LogP contribution in [0.3, 0.4) is 0 Å². The van der Waals surface area contributed by atoms with E-state index in [0.717, 1.165) is 75.5 Å². The van der Waals surface area contributed by atoms with Crippen molar-refractivity contribution in [3.63, 3.8) is 0 Å². The van der Waals surface area contributed by atoms with Gasteiger partial charge in [0.25, 0.3) is 5.91 Å². The smallest absolute Gasteiger partial charge is 0.290 e. The normalized spacial score (nSPS) is 37.1. The molecule has 9 heteroatoms. The number of amides is 4. The van der Waals surface area contributed by atoms with E-state index in [9.17, 15) is 24.0 Å². The van der Waals surface area contributed by atoms with E-state index in [-0.39, 0.29) is 41.0 Å². The number of Topliss-reactive ketones (excluding diaryl/α,β-unsaturated/α-hetero) is 1. The van der Waals surface area contributed by atoms with Crippen molar-refractivity contribution in [2.75, 3.05) is 6.54 Å². The van der Waals surface area contributed by atoms with Crippen LogP contribution in [-0.4, -0.2) is 64.5 Å². The summed E-state index contributed by atoms with van der Waals surface area (Å²) in [4.78, 5) is 70.0. The van der Waals surface area contributed by atoms with E-state index in [1.165, 1.54) is 19.3 Å². The van der Waals surface area contributed by atoms with Gasteiger partial charge in [0, 0.05) is 19.0 Å². The van der Waals surface area contributed by atoms with Crippen molar-refractivity contribution in [3.8, 4) is 0 Å². The molecule has 9 nitrogen and oxygen atoms in total. The summed E-state index contributed by atoms with van der Waals surface area (Å²) in [5.74, 6) is 0.765. The number of rotatable bonds is 9. The predicted octanol–water partition coefficient (Wildman–Crippen LogP) is 3.64. The van der Waals surface area contributed by atoms with E-state index in [0.29, 0.717) is 25.8 Å². The standard InChI is InChI=1S/C35H52N4O5/c1-33(2,3)28(37-26(40)18-34-15-20-12-21(16-34)14-22(13-20)17-34)32(44)39-19-23-6-4-7-25(23)27(39)30(42)38-35(10-5-11-35)29(41)31(43)36-24-8-9-24/h20-25,27-28H,4-19H2,1-3H3,(H,36,43)(H,37,40)(H,38,42)/t20?,21?,22?,23-,25-,27-,28+,34?/m0/s1. The van der Waals surface area contributed by atoms with Gasteiger partial charge in [-0.25, -0.2) is 0 Å². The highest BCUT2D eigenvalue weighted by molar-refractivity contribution is 6.40. The number of likely N-dealkylation sites (tertiary alicyclic amines) is 1. The second-order valence-electron chi connectivity index (χ2n) is 17.3. The fourth-order valence-electron chi connectivity index (χ4n) is 10.7. The fraction of sp³-hybridized carbons (Fsp3) is 0.857. The van der Waals surface area contributed by atoms with Crippen molar-refractivity contribution < 1.29 is 24.0 Å². The van der Waals surface area contributed by atoms with Gasteiger partial charge in [0.1, 0.15) is 17.6 Å². The first-order valence-electron chi connectivity index (χ1n) is 17.6. The molecule has 0 radical (unpaired) electrons. The summed E-state index contributed by atoms with van der Waals surface area (Å²) < 4.78 is 0. The average molecular weight is 609 g/mol. The topological polar surface area (TPSA) is 125 Å². The lowest BCUT2D eigenvalue weighted by atomic mass is 9.49. The molecule has 0 unspecified atom stereocenters. The van der Waals surface area contributed by atoms with Crippen LogP contribution in [0.1, 0.15) is 117 Å². The van der Waals surface area contributed by atoms with Crippen LogP contribution < -0.4 is 16.0 Å². The molecule has 0 aromatic rings. The highest BCUT2D eigenvalue weighted by Gasteiger charge is 2.56. The molecule has 7 aliphatic carbocycles. The maximum absolute atomic E-state index is 14.5. The third-order valence-corrected chi connectivity index (χ3v) is 12.7. The Morgan fingerprint density at radius 1 is 0.864 bits per heavy atom. The van der Waals surface area contributed by atoms with Gasteiger partial charge >= 0.3 is 0 Å². The van der Waals surface area contributed by atoms with Gasteiger partial charge in [-0.05, 0) is 124 Å². The second-order valence-corrected chi connectivity index (χ2v) is 17.3. The van der Waals surface area contributed by atoms with Crippen molar-refractivity contribution in [1.29, 1.82) is 0 Å². The van der Waals surface area contributed by atoms with Gasteiger partial charge in [-0.2, -0.15) is 0 Å². The van der Waals surface area contributed by atoms with Crippen molar-refractivity contribution in [3.05, 3.63) is 0 Å². The molecule has 8 rings (SSSR count). The first-order chi connectivity index (χ1) is 20.8. The first kappa shape index (κ1) is 30.2. The van der Waals surface area contributed by atoms with Gasteiger partial charge in [-0.15, -0.1) is 0 Å². The third kappa shape index (κ3) is 5.48. The molecule has 3 N–H and O–H groups in total. The summed E-state index contributed by atoms with van der Waals surface area (Å²) >= 11 is 0. The maximum atomic E-state index is 14.5. The Labute approximate surface area is 261 Å². The van der Waals surface area contributed by atoms with Crippen LogP contribution in [0.4, 0.5) is 0 Å². The average Bonchev–Trinajstić information content (AvgIpc) is 3.47. The molecule has 1 saturated heterocycles. The molecule has 4 atom stereocenters. The Bertz CT molecular complexity index is 1190. The van der Waals surface area contributed by atoms with Crippen molar-refractivity contribution in [2.45, 2.75) is 141 Å². The summed E-state index contributed by atoms with van der Waals surface area (Å²) in [6, 6.07) is -1.38. The number of ketones is 1. The Morgan fingerprint density at radius 2 is 1.50 bits per heavy atom. The molecular weight excluding hydrogens is 556 g/mol. The summed E-state index contributed by atoms with van der Waals surface area (Å²) in [5, 5.41) is 9.00. The zero-order valence-corrected chi connectivity index (χ0v) is 26.9. The fourth-order valence-corrected chi connectivity index (χ4v) is 10.7. The number of hydrogen-bond donors (Lipinski definition) is 3. The molecule has 1 heterocycles. The van der Waals surface area contributed by atoms with E-state index in [1.54, 1.807) is 4.90 Å². The zero-order chi connectivity index (χ0) is 31.0. The molecule has 44 heavy (non-hydrogen) atoms. The summed E-state index contributed by atoms with van der Waals surface area (Å²) in [7, 11) is 0. The molecule has 0 aromatic heterocycles. The Morgan fingerprint density at radius 3 is 2.05 bits per heavy atom. The van der Waals surface area contributed by atoms with Crippen molar-refractivity contribution in [1.82, 2.24) is 20.9 Å². The van der Waals surface area contributed by atoms with Crippen molar-refractivity contribution >= 4 is 29.4 Å². The highest BCUT2D eigenvalue weighted by Crippen LogP contribution is 2.61. The van der Waals surface area contributed by atoms with E-state index in [4.69, 9.17) is 0 Å². The lowest BCUT2D eigenvalue weighted by Gasteiger charge is -2.56. The summed E-state index contributed by atoms with van der Waals surface area (Å²) in [6.45, 7) is 6.43. The maximum Gasteiger partial charge on any atom is 0.290 e. The lowest BCUT2D eigenvalue weighted by molar-refractivity contribution is -0.149. The van der Waals surface area contributed by atoms with Gasteiger partial charge in [0.05, 0.1) is 0 Å². The van der Waals surface area contributed by atoms with Crippen LogP contribution in [-0.2, 0) is 24.0 Å². The van der Waals surface area contributed by atoms with Crippen molar-refractivity contribution in [2.24, 2.45) is 40.4 Å². The summed E-state index contributed by atoms with van der Waals surface area (Å²) in [5.41, 5.74) is -1.65. The van der Waals surface area contributed by atoms with E-state index < -0.39 is 34.7 Å². The van der Waals surface area contributed by atoms with Gasteiger partial charge in [-0.3, -0.25) is 24.0 Å². The zero-order valence-electron chi connectivity index (χ0n) is 26.9. The predicted molar refractivity (Wildman–Crippen MR) is 164 cm³/mol. The quantitative estimate of drug-likeness (QED) is 0.345. The van der Waals surface area contributed by atoms with Crippen LogP contribution in [0.25, 0.3) is 0 Å². The van der Waals surface area contributed by atoms with E-state index >= 15 is 0 Å². The Balaban J connectivity index is 1.07. The Kier molecular flexibility index (Phi) is 7.43. The minimum Gasteiger partial charge on any atom is -0.347 e. The van der Waals surface area contributed by atoms with Crippen LogP contribution >= 0.6 is 0 Å². The molecule has 4 bridgehead atoms. The number of carbonyl (C=O) groups excluding carboxylic acids is 5. The van der Waals surface area contributed by atoms with Gasteiger partial charge in [0.15, 0.2) is 0 Å². The van der Waals surface area contributed by atoms with Gasteiger partial charge in [0.2, 0.25) is 23.5 Å². The van der Waals surface area contributed by atoms with Crippen LogP contribution in [0.2, 0.25) is 0 Å². The minimum atomic E-state index is -1.18. The highest BCUT2D eigenvalue weighted by atomic mass is 16.2. The molecule has 4 amide bonds. The summed E-state index contributed by atoms with van der Waals surface area (Å²) in [6.07, 6.45) is 14.1. The van der Waals surface area contributed by atoms with Crippen LogP contribution in [0.15, 0.2) is 0 Å². The van der Waals surface area contributed by atoms with Gasteiger partial charge < -0.3 is 20.9 Å². The number of nitrogens with one attached hydrogen (secondary N) is 3. The van der Waals surface area contributed by atoms with E-state index in [2.05, 4.69) is 16.0 Å². The first-order valence-corrected chi connectivity index (χ1v) is 17.6. The number of fused-ring (bicyclic) bond motifs is 1. The van der Waals surface area contributed by atoms with Crippen LogP contribution in [0, 0.1) is 40.4 Å². The molecule has 0 spiro atoms. The molecule has 242 valence electrons. The number of hydrogen-bond acceptors (Lipinski definition) is 5. The van der Waals surface area contributed by atoms with E-state index in [1.807, 2.05) is 20.8 Å². The second kappa shape index (κ2) is 10.8. The van der Waals surface area contributed by atoms with Crippen LogP contribution in [0.5, 0.6) is 0 Å². The SMILES string of the molecule is CC(C)(C)[C@H](NC(=O)CC12CC3CC(CC(C3)C1)C2)C(=O)N1C[C@@H]2CCC[C@@H]2[C@H]1C(=O)NC1(C(=O)C(=O)NC2CC2)CCC1. The molecule has 8 fully saturated rings. The Hall–Kier alpha value is -2.45. The largest absolute Gasteiger partial charge is 0.347 e. The molecule has 7 saturated carbocycles.